The Balaban J connectivity index is 1.68. The van der Waals surface area contributed by atoms with E-state index in [1.54, 1.807) is 24.3 Å². The van der Waals surface area contributed by atoms with Gasteiger partial charge in [0.05, 0.1) is 0 Å². The molecule has 0 aliphatic heterocycles. The Labute approximate surface area is 174 Å². The van der Waals surface area contributed by atoms with Crippen molar-refractivity contribution in [1.29, 1.82) is 0 Å². The number of hydrogen-bond donors (Lipinski definition) is 1. The molecule has 0 spiro atoms. The van der Waals surface area contributed by atoms with Gasteiger partial charge in [-0.2, -0.15) is 0 Å². The average molecular weight is 457 g/mol. The van der Waals surface area contributed by atoms with Crippen molar-refractivity contribution in [3.8, 4) is 11.4 Å². The van der Waals surface area contributed by atoms with Crippen LogP contribution in [0.3, 0.4) is 0 Å². The molecule has 140 valence electrons. The fourth-order valence-electron chi connectivity index (χ4n) is 3.05. The van der Waals surface area contributed by atoms with Crippen molar-refractivity contribution in [3.05, 3.63) is 77.0 Å². The van der Waals surface area contributed by atoms with Gasteiger partial charge in [-0.25, -0.2) is 4.39 Å². The predicted octanol–water partition coefficient (Wildman–Crippen LogP) is 3.04. The van der Waals surface area contributed by atoms with Gasteiger partial charge in [0.1, 0.15) is 0 Å². The molecule has 0 saturated carbocycles. The SMILES string of the molecule is NCc1cc2ncnc([As])c2n1-c1ccc(OCc2cccc(F)c2)c(Cl)c1. The van der Waals surface area contributed by atoms with Gasteiger partial charge in [-0.15, -0.1) is 0 Å². The number of nitrogens with zero attached hydrogens (tertiary/aromatic N) is 3. The Hall–Kier alpha value is -2.40. The maximum atomic E-state index is 13.3. The molecule has 0 bridgehead atoms. The molecular weight excluding hydrogens is 442 g/mol. The van der Waals surface area contributed by atoms with E-state index in [1.165, 1.54) is 18.5 Å². The summed E-state index contributed by atoms with van der Waals surface area (Å²) in [7, 11) is 0. The molecule has 0 unspecified atom stereocenters. The molecule has 0 saturated heterocycles. The summed E-state index contributed by atoms with van der Waals surface area (Å²) in [5.41, 5.74) is 10.1. The zero-order valence-electron chi connectivity index (χ0n) is 14.6. The van der Waals surface area contributed by atoms with Crippen molar-refractivity contribution >= 4 is 44.0 Å². The van der Waals surface area contributed by atoms with E-state index in [-0.39, 0.29) is 12.4 Å². The number of aromatic nitrogens is 3. The first-order valence-corrected chi connectivity index (χ1v) is 9.80. The molecule has 28 heavy (non-hydrogen) atoms. The second kappa shape index (κ2) is 7.92. The van der Waals surface area contributed by atoms with Crippen LogP contribution < -0.4 is 15.0 Å². The molecule has 2 aromatic carbocycles. The van der Waals surface area contributed by atoms with E-state index in [0.29, 0.717) is 17.3 Å². The Morgan fingerprint density at radius 2 is 2.00 bits per heavy atom. The number of ether oxygens (including phenoxy) is 1. The first-order chi connectivity index (χ1) is 13.6. The third kappa shape index (κ3) is 3.63. The van der Waals surface area contributed by atoms with Crippen molar-refractivity contribution in [2.24, 2.45) is 5.73 Å². The molecule has 4 rings (SSSR count). The molecule has 0 fully saturated rings. The van der Waals surface area contributed by atoms with Crippen LogP contribution in [-0.2, 0) is 13.2 Å². The molecule has 0 amide bonds. The fourth-order valence-corrected chi connectivity index (χ4v) is 3.84. The molecular formula is C20H15AsClFN4O. The van der Waals surface area contributed by atoms with Crippen LogP contribution in [0.15, 0.2) is 54.9 Å². The number of fused-ring (bicyclic) bond motifs is 1. The van der Waals surface area contributed by atoms with Crippen LogP contribution in [0.2, 0.25) is 5.02 Å². The van der Waals surface area contributed by atoms with Crippen molar-refractivity contribution in [2.45, 2.75) is 13.2 Å². The fraction of sp³-hybridized carbons (Fsp3) is 0.100. The van der Waals surface area contributed by atoms with E-state index in [2.05, 4.69) is 26.8 Å². The van der Waals surface area contributed by atoms with Crippen molar-refractivity contribution < 1.29 is 9.13 Å². The number of halogens is 2. The molecule has 2 heterocycles. The van der Waals surface area contributed by atoms with Gasteiger partial charge in [-0.05, 0) is 6.07 Å². The first kappa shape index (κ1) is 18.9. The molecule has 0 atom stereocenters. The Morgan fingerprint density at radius 1 is 1.14 bits per heavy atom. The van der Waals surface area contributed by atoms with E-state index in [9.17, 15) is 4.39 Å². The van der Waals surface area contributed by atoms with Crippen LogP contribution in [0.5, 0.6) is 5.75 Å². The molecule has 8 heteroatoms. The van der Waals surface area contributed by atoms with Gasteiger partial charge in [0.2, 0.25) is 0 Å². The third-order valence-electron chi connectivity index (χ3n) is 4.31. The van der Waals surface area contributed by atoms with Gasteiger partial charge in [0.15, 0.2) is 0 Å². The van der Waals surface area contributed by atoms with Crippen LogP contribution in [0.4, 0.5) is 4.39 Å². The van der Waals surface area contributed by atoms with E-state index in [1.807, 2.05) is 16.7 Å². The molecule has 2 radical (unpaired) electrons. The second-order valence-electron chi connectivity index (χ2n) is 6.14. The number of nitrogens with two attached hydrogens (primary N) is 1. The minimum absolute atomic E-state index is 0.224. The molecule has 5 nitrogen and oxygen atoms in total. The van der Waals surface area contributed by atoms with Gasteiger partial charge in [-0.3, -0.25) is 0 Å². The normalized spacial score (nSPS) is 11.1. The second-order valence-corrected chi connectivity index (χ2v) is 7.44. The summed E-state index contributed by atoms with van der Waals surface area (Å²) in [6.07, 6.45) is 1.52. The molecule has 2 N–H and O–H groups in total. The monoisotopic (exact) mass is 456 g/mol. The van der Waals surface area contributed by atoms with Crippen LogP contribution in [0.25, 0.3) is 16.7 Å². The predicted molar refractivity (Wildman–Crippen MR) is 108 cm³/mol. The standard InChI is InChI=1S/C20H15AsClFN4O/c21-20-19-17(25-11-26-20)8-15(9-24)27(19)14-4-5-18(16(22)7-14)28-10-12-2-1-3-13(23)6-12/h1-8,11H,9-10,24H2. The summed E-state index contributed by atoms with van der Waals surface area (Å²) in [6, 6.07) is 13.7. The van der Waals surface area contributed by atoms with Crippen molar-refractivity contribution in [2.75, 3.05) is 0 Å². The van der Waals surface area contributed by atoms with Gasteiger partial charge in [0.25, 0.3) is 0 Å². The van der Waals surface area contributed by atoms with Crippen LogP contribution in [-0.4, -0.2) is 31.4 Å². The number of hydrogen-bond acceptors (Lipinski definition) is 4. The molecule has 2 aromatic heterocycles. The summed E-state index contributed by atoms with van der Waals surface area (Å²) >= 11 is 8.90. The minimum atomic E-state index is -0.299. The maximum absolute atomic E-state index is 13.3. The summed E-state index contributed by atoms with van der Waals surface area (Å²) in [6.45, 7) is 0.569. The van der Waals surface area contributed by atoms with E-state index in [4.69, 9.17) is 22.1 Å². The van der Waals surface area contributed by atoms with E-state index >= 15 is 0 Å². The molecule has 0 aliphatic rings. The Bertz CT molecular complexity index is 1160. The third-order valence-corrected chi connectivity index (χ3v) is 5.29. The summed E-state index contributed by atoms with van der Waals surface area (Å²) < 4.78 is 21.8. The average Bonchev–Trinajstić information content (AvgIpc) is 3.07. The molecule has 0 aliphatic carbocycles. The van der Waals surface area contributed by atoms with E-state index in [0.717, 1.165) is 32.5 Å². The van der Waals surface area contributed by atoms with E-state index < -0.39 is 0 Å². The van der Waals surface area contributed by atoms with Gasteiger partial charge in [0, 0.05) is 0 Å². The van der Waals surface area contributed by atoms with Gasteiger partial charge in [-0.1, -0.05) is 0 Å². The van der Waals surface area contributed by atoms with Crippen LogP contribution >= 0.6 is 11.6 Å². The van der Waals surface area contributed by atoms with Crippen molar-refractivity contribution in [3.63, 3.8) is 0 Å². The summed E-state index contributed by atoms with van der Waals surface area (Å²) in [5.74, 6) is 0.219. The van der Waals surface area contributed by atoms with Gasteiger partial charge < -0.3 is 0 Å². The van der Waals surface area contributed by atoms with Crippen molar-refractivity contribution in [1.82, 2.24) is 14.5 Å². The summed E-state index contributed by atoms with van der Waals surface area (Å²) in [5, 5.41) is 0.447. The Kier molecular flexibility index (Phi) is 5.35. The summed E-state index contributed by atoms with van der Waals surface area (Å²) in [4.78, 5) is 8.58. The molecule has 4 aromatic rings. The number of benzene rings is 2. The zero-order chi connectivity index (χ0) is 19.7. The topological polar surface area (TPSA) is 66.0 Å². The quantitative estimate of drug-likeness (QED) is 0.469. The van der Waals surface area contributed by atoms with Gasteiger partial charge >= 0.3 is 164 Å². The number of rotatable bonds is 5. The van der Waals surface area contributed by atoms with Crippen LogP contribution in [0, 0.1) is 5.82 Å². The van der Waals surface area contributed by atoms with Crippen LogP contribution in [0.1, 0.15) is 11.3 Å². The Morgan fingerprint density at radius 3 is 2.75 bits per heavy atom. The zero-order valence-corrected chi connectivity index (χ0v) is 17.3. The first-order valence-electron chi connectivity index (χ1n) is 8.48.